The number of fused-ring (bicyclic) bond motifs is 1. The Morgan fingerprint density at radius 1 is 0.919 bits per heavy atom. The fraction of sp³-hybridized carbons (Fsp3) is 0.143. The molecule has 0 radical (unpaired) electrons. The first-order valence-corrected chi connectivity index (χ1v) is 14.8. The van der Waals surface area contributed by atoms with E-state index in [1.54, 1.807) is 17.4 Å². The molecule has 3 aromatic carbocycles. The summed E-state index contributed by atoms with van der Waals surface area (Å²) in [6.07, 6.45) is 0. The van der Waals surface area contributed by atoms with Crippen LogP contribution in [0, 0.1) is 13.8 Å². The van der Waals surface area contributed by atoms with Gasteiger partial charge >= 0.3 is 13.5 Å². The molecule has 9 heteroatoms. The number of carbonyl (C=O) groups excluding carboxylic acids is 1. The van der Waals surface area contributed by atoms with Gasteiger partial charge in [0.05, 0.1) is 12.4 Å². The van der Waals surface area contributed by atoms with Gasteiger partial charge in [-0.15, -0.1) is 22.7 Å². The molecule has 0 aliphatic rings. The van der Waals surface area contributed by atoms with Crippen molar-refractivity contribution in [2.75, 3.05) is 19.3 Å². The molecule has 0 spiro atoms. The first kappa shape index (κ1) is 25.4. The number of ether oxygens (including phenoxy) is 1. The fourth-order valence-corrected chi connectivity index (χ4v) is 7.87. The summed E-state index contributed by atoms with van der Waals surface area (Å²) in [7, 11) is -0.871. The third kappa shape index (κ3) is 4.98. The van der Waals surface area contributed by atoms with Crippen LogP contribution in [0.5, 0.6) is 0 Å². The quantitative estimate of drug-likeness (QED) is 0.166. The van der Waals surface area contributed by atoms with E-state index in [2.05, 4.69) is 28.3 Å². The van der Waals surface area contributed by atoms with Gasteiger partial charge in [0.2, 0.25) is 0 Å². The minimum atomic E-state index is -3.56. The fourth-order valence-electron chi connectivity index (χ4n) is 4.13. The smallest absolute Gasteiger partial charge is 0.351 e. The second-order valence-corrected chi connectivity index (χ2v) is 12.8. The Balaban J connectivity index is 1.49. The summed E-state index contributed by atoms with van der Waals surface area (Å²) in [6, 6.07) is 24.1. The van der Waals surface area contributed by atoms with Gasteiger partial charge < -0.3 is 9.26 Å². The number of methoxy groups -OCH3 is 1. The van der Waals surface area contributed by atoms with Gasteiger partial charge in [-0.3, -0.25) is 9.65 Å². The van der Waals surface area contributed by atoms with E-state index < -0.39 is 13.5 Å². The molecule has 1 atom stereocenters. The summed E-state index contributed by atoms with van der Waals surface area (Å²) in [5, 5.41) is 5.29. The maximum absolute atomic E-state index is 13.8. The summed E-state index contributed by atoms with van der Waals surface area (Å²) < 4.78 is 25.6. The molecule has 6 nitrogen and oxygen atoms in total. The molecular weight excluding hydrogens is 523 g/mol. The van der Waals surface area contributed by atoms with E-state index in [0.717, 1.165) is 22.3 Å². The second-order valence-electron chi connectivity index (χ2n) is 8.55. The summed E-state index contributed by atoms with van der Waals surface area (Å²) >= 11 is 2.93. The number of thiazole rings is 1. The molecule has 1 unspecified atom stereocenters. The standard InChI is InChI=1S/C28H25N2O4PS2/c1-17-9-14-22(18(2)15-17)35(32,34-4)30-26-25(28(31)33-3)37-27(29-26)20-12-10-19(11-13-20)24-16-21-7-5-6-8-23(21)36-24/h5-16H,1-4H3,(H,30,32). The largest absolute Gasteiger partial charge is 0.465 e. The Labute approximate surface area is 223 Å². The van der Waals surface area contributed by atoms with Crippen LogP contribution in [0.3, 0.4) is 0 Å². The number of thiophene rings is 1. The van der Waals surface area contributed by atoms with E-state index in [1.807, 2.05) is 62.4 Å². The predicted octanol–water partition coefficient (Wildman–Crippen LogP) is 7.67. The average Bonchev–Trinajstić information content (AvgIpc) is 3.52. The number of esters is 1. The predicted molar refractivity (Wildman–Crippen MR) is 153 cm³/mol. The van der Waals surface area contributed by atoms with Crippen molar-refractivity contribution < 1.29 is 18.6 Å². The van der Waals surface area contributed by atoms with Crippen molar-refractivity contribution in [1.29, 1.82) is 0 Å². The molecule has 37 heavy (non-hydrogen) atoms. The summed E-state index contributed by atoms with van der Waals surface area (Å²) in [5.74, 6) is -0.387. The van der Waals surface area contributed by atoms with Crippen molar-refractivity contribution in [3.05, 3.63) is 88.8 Å². The molecule has 2 aromatic heterocycles. The number of rotatable bonds is 7. The number of aryl methyl sites for hydroxylation is 2. The van der Waals surface area contributed by atoms with E-state index >= 15 is 0 Å². The highest BCUT2D eigenvalue weighted by molar-refractivity contribution is 7.68. The van der Waals surface area contributed by atoms with Crippen molar-refractivity contribution in [3.8, 4) is 21.0 Å². The van der Waals surface area contributed by atoms with E-state index in [4.69, 9.17) is 9.26 Å². The Bertz CT molecular complexity index is 1620. The summed E-state index contributed by atoms with van der Waals surface area (Å²) in [5.41, 5.74) is 3.82. The number of hydrogen-bond donors (Lipinski definition) is 1. The van der Waals surface area contributed by atoms with E-state index in [1.165, 1.54) is 40.5 Å². The second kappa shape index (κ2) is 10.2. The van der Waals surface area contributed by atoms with Crippen LogP contribution in [0.15, 0.2) is 72.8 Å². The lowest BCUT2D eigenvalue weighted by Gasteiger charge is -2.20. The normalized spacial score (nSPS) is 12.9. The molecule has 0 aliphatic carbocycles. The molecule has 0 bridgehead atoms. The number of carbonyl (C=O) groups is 1. The number of anilines is 1. The van der Waals surface area contributed by atoms with Crippen LogP contribution in [0.25, 0.3) is 31.1 Å². The maximum Gasteiger partial charge on any atom is 0.351 e. The topological polar surface area (TPSA) is 77.5 Å². The van der Waals surface area contributed by atoms with Gasteiger partial charge in [0.1, 0.15) is 5.01 Å². The molecule has 0 aliphatic heterocycles. The highest BCUT2D eigenvalue weighted by Gasteiger charge is 2.31. The van der Waals surface area contributed by atoms with Crippen LogP contribution in [-0.4, -0.2) is 25.2 Å². The van der Waals surface area contributed by atoms with Crippen LogP contribution in [0.1, 0.15) is 20.8 Å². The van der Waals surface area contributed by atoms with E-state index in [0.29, 0.717) is 10.3 Å². The molecule has 188 valence electrons. The Morgan fingerprint density at radius 2 is 1.65 bits per heavy atom. The maximum atomic E-state index is 13.8. The third-order valence-corrected chi connectivity index (χ3v) is 10.4. The van der Waals surface area contributed by atoms with Crippen LogP contribution in [0.4, 0.5) is 5.82 Å². The molecule has 0 amide bonds. The molecule has 0 fully saturated rings. The van der Waals surface area contributed by atoms with Gasteiger partial charge in [-0.25, -0.2) is 9.78 Å². The van der Waals surface area contributed by atoms with Crippen molar-refractivity contribution in [1.82, 2.24) is 4.98 Å². The minimum absolute atomic E-state index is 0.172. The minimum Gasteiger partial charge on any atom is -0.465 e. The van der Waals surface area contributed by atoms with Crippen molar-refractivity contribution in [2.45, 2.75) is 13.8 Å². The zero-order valence-corrected chi connectivity index (χ0v) is 23.3. The number of benzene rings is 3. The molecule has 5 aromatic rings. The molecule has 0 saturated carbocycles. The number of aromatic nitrogens is 1. The lowest BCUT2D eigenvalue weighted by Crippen LogP contribution is -2.17. The van der Waals surface area contributed by atoms with Gasteiger partial charge in [-0.1, -0.05) is 60.2 Å². The van der Waals surface area contributed by atoms with Crippen LogP contribution in [0.2, 0.25) is 0 Å². The zero-order valence-electron chi connectivity index (χ0n) is 20.8. The Hall–Kier alpha value is -3.29. The Morgan fingerprint density at radius 3 is 2.32 bits per heavy atom. The highest BCUT2D eigenvalue weighted by Crippen LogP contribution is 2.48. The van der Waals surface area contributed by atoms with Crippen LogP contribution in [-0.2, 0) is 13.8 Å². The van der Waals surface area contributed by atoms with Gasteiger partial charge in [-0.05, 0) is 48.6 Å². The Kier molecular flexibility index (Phi) is 7.01. The SMILES string of the molecule is COC(=O)c1sc(-c2ccc(-c3cc4ccccc4s3)cc2)nc1NP(=O)(OC)c1ccc(C)cc1C. The van der Waals surface area contributed by atoms with Crippen molar-refractivity contribution >= 4 is 57.4 Å². The third-order valence-electron chi connectivity index (χ3n) is 6.02. The monoisotopic (exact) mass is 548 g/mol. The number of hydrogen-bond acceptors (Lipinski definition) is 7. The van der Waals surface area contributed by atoms with Crippen LogP contribution >= 0.6 is 30.2 Å². The summed E-state index contributed by atoms with van der Waals surface area (Å²) in [4.78, 5) is 18.7. The average molecular weight is 549 g/mol. The van der Waals surface area contributed by atoms with Gasteiger partial charge in [0, 0.05) is 22.3 Å². The van der Waals surface area contributed by atoms with Gasteiger partial charge in [0.15, 0.2) is 10.7 Å². The van der Waals surface area contributed by atoms with E-state index in [-0.39, 0.29) is 10.7 Å². The van der Waals surface area contributed by atoms with Crippen LogP contribution < -0.4 is 10.4 Å². The first-order valence-electron chi connectivity index (χ1n) is 11.5. The zero-order chi connectivity index (χ0) is 26.2. The van der Waals surface area contributed by atoms with Gasteiger partial charge in [-0.2, -0.15) is 0 Å². The van der Waals surface area contributed by atoms with Crippen molar-refractivity contribution in [3.63, 3.8) is 0 Å². The molecule has 2 heterocycles. The number of nitrogens with one attached hydrogen (secondary N) is 1. The highest BCUT2D eigenvalue weighted by atomic mass is 32.1. The molecular formula is C28H25N2O4PS2. The number of nitrogens with zero attached hydrogens (tertiary/aromatic N) is 1. The molecule has 0 saturated heterocycles. The van der Waals surface area contributed by atoms with E-state index in [9.17, 15) is 9.36 Å². The van der Waals surface area contributed by atoms with Gasteiger partial charge in [0.25, 0.3) is 0 Å². The lowest BCUT2D eigenvalue weighted by atomic mass is 10.1. The first-order chi connectivity index (χ1) is 17.8. The van der Waals surface area contributed by atoms with Crippen molar-refractivity contribution in [2.24, 2.45) is 0 Å². The molecule has 1 N–H and O–H groups in total. The summed E-state index contributed by atoms with van der Waals surface area (Å²) in [6.45, 7) is 3.84. The molecule has 5 rings (SSSR count). The lowest BCUT2D eigenvalue weighted by molar-refractivity contribution is 0.0607.